The van der Waals surface area contributed by atoms with Gasteiger partial charge in [-0.15, -0.1) is 47.0 Å². The van der Waals surface area contributed by atoms with E-state index in [1.54, 1.807) is 160 Å². The summed E-state index contributed by atoms with van der Waals surface area (Å²) >= 11 is 16.2. The maximum Gasteiger partial charge on any atom is 1.00 e. The van der Waals surface area contributed by atoms with Crippen LogP contribution < -0.4 is 66.9 Å². The van der Waals surface area contributed by atoms with E-state index in [0.717, 1.165) is 68.3 Å². The molecule has 0 spiro atoms. The number of carboxylic acid groups (broad SMARTS) is 4. The van der Waals surface area contributed by atoms with Crippen molar-refractivity contribution in [3.63, 3.8) is 0 Å². The molecule has 4 aliphatic rings. The Balaban J connectivity index is 0.000000209. The van der Waals surface area contributed by atoms with Crippen molar-refractivity contribution in [2.75, 3.05) is 49.2 Å². The first kappa shape index (κ1) is 98.2. The van der Waals surface area contributed by atoms with Gasteiger partial charge in [-0.05, 0) is 85.8 Å². The first-order valence-corrected chi connectivity index (χ1v) is 45.5. The second-order valence-corrected chi connectivity index (χ2v) is 37.6. The summed E-state index contributed by atoms with van der Waals surface area (Å²) in [5, 5.41) is 44.4. The van der Waals surface area contributed by atoms with Crippen molar-refractivity contribution in [1.82, 2.24) is 20.0 Å². The number of benzene rings is 8. The standard InChI is InChI=1S/3C22H23NO4S2.C11H11ClO2S.C11H13NO2S.K/c3*1-15(14-28-22(27)16-8-4-2-5-9-16)20(24)23-13-18(12-19(23)21(25)26)29-17-10-6-3-7-11-17;1-8(10(12)13)7-15-11(14)9-5-3-2-4-6-9;13-11(14)10-6-9(7-12-10)15-8-4-2-1-3-5-8;/h3*2-11,15,18-19H,12-14H2,1H3,(H,25,26);2-6,8H,7H2,1H3;1-5,9-10,12H,6-7H2,(H,13,14);/q;;;;;+1/p-2/t3*15-,18+,19+;8-;9-,10-;/m11110./s1. The molecule has 12 atom stereocenters. The Bertz CT molecular complexity index is 4230. The first-order chi connectivity index (χ1) is 56.2. The number of carbonyl (C=O) groups excluding carboxylic acids is 10. The molecule has 8 aromatic rings. The fourth-order valence-electron chi connectivity index (χ4n) is 12.4. The zero-order valence-electron chi connectivity index (χ0n) is 65.6. The average Bonchev–Trinajstić information content (AvgIpc) is 1.68. The molecule has 4 saturated heterocycles. The van der Waals surface area contributed by atoms with Gasteiger partial charge < -0.3 is 50.0 Å². The minimum Gasteiger partial charge on any atom is -0.548 e. The van der Waals surface area contributed by atoms with E-state index in [1.807, 2.05) is 146 Å². The van der Waals surface area contributed by atoms with Crippen molar-refractivity contribution < 1.29 is 129 Å². The number of aliphatic carboxylic acids is 4. The van der Waals surface area contributed by atoms with Crippen LogP contribution in [-0.2, 0) is 38.4 Å². The summed E-state index contributed by atoms with van der Waals surface area (Å²) in [6, 6.07) is 72.0. The van der Waals surface area contributed by atoms with E-state index in [4.69, 9.17) is 16.7 Å². The topological polar surface area (TPSA) is 313 Å². The zero-order chi connectivity index (χ0) is 84.3. The summed E-state index contributed by atoms with van der Waals surface area (Å²) in [5.41, 5.74) is 2.42. The molecule has 0 radical (unpaired) electrons. The molecule has 12 rings (SSSR count). The third-order valence-electron chi connectivity index (χ3n) is 18.6. The van der Waals surface area contributed by atoms with Crippen LogP contribution in [0.1, 0.15) is 94.8 Å². The van der Waals surface area contributed by atoms with E-state index >= 15 is 0 Å². The van der Waals surface area contributed by atoms with Gasteiger partial charge in [-0.3, -0.25) is 43.2 Å². The van der Waals surface area contributed by atoms with Gasteiger partial charge in [0.25, 0.3) is 0 Å². The Kier molecular flexibility index (Phi) is 43.1. The number of nitrogens with zero attached hydrogens (tertiary/aromatic N) is 3. The minimum atomic E-state index is -1.23. The van der Waals surface area contributed by atoms with Gasteiger partial charge in [-0.25, -0.2) is 4.79 Å². The molecule has 20 nitrogen and oxygen atoms in total. The van der Waals surface area contributed by atoms with E-state index < -0.39 is 65.0 Å². The number of hydrogen-bond acceptors (Lipinski definition) is 23. The van der Waals surface area contributed by atoms with Crippen LogP contribution in [0.25, 0.3) is 0 Å². The molecule has 8 aromatic carbocycles. The van der Waals surface area contributed by atoms with Crippen molar-refractivity contribution in [3.8, 4) is 0 Å². The van der Waals surface area contributed by atoms with Crippen LogP contribution in [0.3, 0.4) is 0 Å². The first-order valence-electron chi connectivity index (χ1n) is 37.7. The molecule has 0 saturated carbocycles. The number of thioether (sulfide) groups is 8. The molecule has 4 aliphatic heterocycles. The third-order valence-corrected chi connectivity index (χ3v) is 28.5. The maximum absolute atomic E-state index is 12.9. The van der Waals surface area contributed by atoms with Crippen LogP contribution >= 0.6 is 106 Å². The number of carboxylic acids is 4. The van der Waals surface area contributed by atoms with Gasteiger partial charge >= 0.3 is 63.3 Å². The van der Waals surface area contributed by atoms with Crippen molar-refractivity contribution in [1.29, 1.82) is 0 Å². The van der Waals surface area contributed by atoms with E-state index in [2.05, 4.69) is 17.4 Å². The molecule has 4 heterocycles. The fourth-order valence-corrected chi connectivity index (χ4v) is 20.7. The summed E-state index contributed by atoms with van der Waals surface area (Å²) in [6.45, 7) is 8.82. The van der Waals surface area contributed by atoms with Gasteiger partial charge in [0.1, 0.15) is 12.1 Å². The molecule has 30 heteroatoms. The zero-order valence-corrected chi connectivity index (χ0v) is 76.0. The SMILES string of the molecule is C[C@H](CSC(=O)c1ccccc1)C(=O)Cl.C[C@H](CSC(=O)c1ccccc1)C(=O)N1C[C@@H](Sc2ccccc2)C[C@H]1C(=O)O.C[C@H](CSC(=O)c1ccccc1)C(=O)N1C[C@@H](Sc2ccccc2)C[C@H]1C(=O)[O-].C[C@H](CSC(=O)c1ccccc1)C(=O)N1C[C@@H](Sc2ccccc2)C[C@H]1C(=O)[O-].O=C(O)[C@@H]1C[C@H](Sc2ccccc2)CN1.[K+]. The minimum absolute atomic E-state index is 0. The Labute approximate surface area is 770 Å². The number of likely N-dealkylation sites (tertiary alicyclic amines) is 3. The smallest absolute Gasteiger partial charge is 0.548 e. The summed E-state index contributed by atoms with van der Waals surface area (Å²) in [7, 11) is 0. The van der Waals surface area contributed by atoms with Gasteiger partial charge in [0.05, 0.1) is 24.0 Å². The number of halogens is 1. The molecule has 3 N–H and O–H groups in total. The van der Waals surface area contributed by atoms with Crippen LogP contribution in [0.15, 0.2) is 262 Å². The predicted molar refractivity (Wildman–Crippen MR) is 467 cm³/mol. The molecule has 0 aliphatic carbocycles. The number of nitrogens with one attached hydrogen (secondary N) is 1. The largest absolute Gasteiger partial charge is 1.00 e. The molecule has 0 bridgehead atoms. The van der Waals surface area contributed by atoms with Gasteiger partial charge in [0.15, 0.2) is 0 Å². The van der Waals surface area contributed by atoms with Crippen molar-refractivity contribution in [3.05, 3.63) is 265 Å². The number of hydrogen-bond donors (Lipinski definition) is 3. The number of carbonyl (C=O) groups is 12. The van der Waals surface area contributed by atoms with Crippen molar-refractivity contribution in [2.45, 2.75) is 118 Å². The normalized spacial score (nSPS) is 19.3. The fraction of sp³-hybridized carbons (Fsp3) is 0.318. The number of amides is 3. The third kappa shape index (κ3) is 32.5. The van der Waals surface area contributed by atoms with Gasteiger partial charge in [-0.2, -0.15) is 0 Å². The van der Waals surface area contributed by atoms with Crippen LogP contribution in [0.4, 0.5) is 0 Å². The van der Waals surface area contributed by atoms with E-state index in [1.165, 1.54) is 19.6 Å². The molecule has 0 aromatic heterocycles. The maximum atomic E-state index is 12.9. The van der Waals surface area contributed by atoms with Gasteiger partial charge in [0, 0.05) is 136 Å². The average molecular weight is 1790 g/mol. The molecular weight excluding hydrogens is 1700 g/mol. The van der Waals surface area contributed by atoms with Gasteiger partial charge in [-0.1, -0.05) is 269 Å². The van der Waals surface area contributed by atoms with E-state index in [0.29, 0.717) is 95.8 Å². The summed E-state index contributed by atoms with van der Waals surface area (Å²) in [4.78, 5) is 152. The predicted octanol–water partition coefficient (Wildman–Crippen LogP) is 11.0. The molecule has 118 heavy (non-hydrogen) atoms. The molecule has 0 unspecified atom stereocenters. The Morgan fingerprint density at radius 3 is 0.831 bits per heavy atom. The molecule has 3 amide bonds. The Morgan fingerprint density at radius 1 is 0.356 bits per heavy atom. The van der Waals surface area contributed by atoms with Gasteiger partial charge in [0.2, 0.25) is 43.4 Å². The Morgan fingerprint density at radius 2 is 0.593 bits per heavy atom. The molecular formula is C88H91ClKN4O16S8-. The van der Waals surface area contributed by atoms with Crippen LogP contribution in [0.5, 0.6) is 0 Å². The van der Waals surface area contributed by atoms with E-state index in [-0.39, 0.29) is 117 Å². The number of rotatable bonds is 28. The second-order valence-electron chi connectivity index (χ2n) is 27.7. The quantitative estimate of drug-likeness (QED) is 0.0303. The molecule has 616 valence electrons. The summed E-state index contributed by atoms with van der Waals surface area (Å²) < 4.78 is 0. The van der Waals surface area contributed by atoms with E-state index in [9.17, 15) is 72.9 Å². The monoisotopic (exact) mass is 1790 g/mol. The summed E-state index contributed by atoms with van der Waals surface area (Å²) in [6.07, 6.45) is 1.84. The van der Waals surface area contributed by atoms with Crippen LogP contribution in [0.2, 0.25) is 0 Å². The van der Waals surface area contributed by atoms with Crippen molar-refractivity contribution >= 4 is 173 Å². The van der Waals surface area contributed by atoms with Crippen molar-refractivity contribution in [2.24, 2.45) is 23.7 Å². The Hall–Kier alpha value is -6.91. The molecule has 4 fully saturated rings. The summed E-state index contributed by atoms with van der Waals surface area (Å²) in [5.74, 6) is -5.16. The van der Waals surface area contributed by atoms with Crippen LogP contribution in [-0.4, -0.2) is 187 Å². The second kappa shape index (κ2) is 51.8. The van der Waals surface area contributed by atoms with Crippen LogP contribution in [0, 0.1) is 23.7 Å².